The number of pyridine rings is 1. The van der Waals surface area contributed by atoms with Crippen molar-refractivity contribution < 1.29 is 9.53 Å². The summed E-state index contributed by atoms with van der Waals surface area (Å²) in [6.07, 6.45) is 3.24. The van der Waals surface area contributed by atoms with Crippen LogP contribution in [0.25, 0.3) is 0 Å². The molecular weight excluding hydrogens is 168 g/mol. The Morgan fingerprint density at radius 1 is 1.54 bits per heavy atom. The number of carbonyl (C=O) groups excluding carboxylic acids is 1. The first-order chi connectivity index (χ1) is 6.31. The molecule has 0 atom stereocenters. The predicted octanol–water partition coefficient (Wildman–Crippen LogP) is 1.16. The highest BCUT2D eigenvalue weighted by Crippen LogP contribution is 2.21. The van der Waals surface area contributed by atoms with Crippen LogP contribution in [-0.2, 0) is 17.8 Å². The lowest BCUT2D eigenvalue weighted by atomic mass is 10.2. The molecule has 0 radical (unpaired) electrons. The SMILES string of the molecule is COC(=O)N1Cc2ccncc2C1. The molecule has 0 saturated carbocycles. The maximum atomic E-state index is 11.2. The Morgan fingerprint density at radius 3 is 3.00 bits per heavy atom. The summed E-state index contributed by atoms with van der Waals surface area (Å²) in [6.45, 7) is 1.24. The number of rotatable bonds is 0. The predicted molar refractivity (Wildman–Crippen MR) is 45.9 cm³/mol. The molecule has 1 aromatic heterocycles. The van der Waals surface area contributed by atoms with Crippen molar-refractivity contribution in [3.05, 3.63) is 29.6 Å². The van der Waals surface area contributed by atoms with Crippen LogP contribution in [-0.4, -0.2) is 23.1 Å². The van der Waals surface area contributed by atoms with Gasteiger partial charge in [-0.1, -0.05) is 0 Å². The van der Waals surface area contributed by atoms with Gasteiger partial charge in [0.2, 0.25) is 0 Å². The Balaban J connectivity index is 2.18. The molecule has 0 saturated heterocycles. The van der Waals surface area contributed by atoms with E-state index in [4.69, 9.17) is 0 Å². The van der Waals surface area contributed by atoms with E-state index < -0.39 is 0 Å². The quantitative estimate of drug-likeness (QED) is 0.598. The second-order valence-corrected chi connectivity index (χ2v) is 2.97. The molecule has 1 amide bonds. The van der Waals surface area contributed by atoms with Crippen molar-refractivity contribution >= 4 is 6.09 Å². The van der Waals surface area contributed by atoms with Gasteiger partial charge in [0.25, 0.3) is 0 Å². The minimum absolute atomic E-state index is 0.281. The first kappa shape index (κ1) is 8.04. The lowest BCUT2D eigenvalue weighted by Crippen LogP contribution is -2.24. The number of fused-ring (bicyclic) bond motifs is 1. The van der Waals surface area contributed by atoms with Crippen LogP contribution in [0.15, 0.2) is 18.5 Å². The van der Waals surface area contributed by atoms with Crippen molar-refractivity contribution in [3.63, 3.8) is 0 Å². The molecule has 2 rings (SSSR count). The van der Waals surface area contributed by atoms with Crippen LogP contribution in [0.2, 0.25) is 0 Å². The minimum Gasteiger partial charge on any atom is -0.453 e. The summed E-state index contributed by atoms with van der Waals surface area (Å²) in [5.74, 6) is 0. The molecule has 0 spiro atoms. The van der Waals surface area contributed by atoms with E-state index in [1.54, 1.807) is 17.3 Å². The molecule has 4 nitrogen and oxygen atoms in total. The van der Waals surface area contributed by atoms with Gasteiger partial charge in [-0.25, -0.2) is 4.79 Å². The summed E-state index contributed by atoms with van der Waals surface area (Å²) >= 11 is 0. The average molecular weight is 178 g/mol. The van der Waals surface area contributed by atoms with Gasteiger partial charge >= 0.3 is 6.09 Å². The molecule has 1 aliphatic rings. The Hall–Kier alpha value is -1.58. The van der Waals surface area contributed by atoms with Gasteiger partial charge < -0.3 is 4.74 Å². The van der Waals surface area contributed by atoms with E-state index in [1.165, 1.54) is 7.11 Å². The van der Waals surface area contributed by atoms with Crippen molar-refractivity contribution in [2.75, 3.05) is 7.11 Å². The molecule has 68 valence electrons. The smallest absolute Gasteiger partial charge is 0.410 e. The lowest BCUT2D eigenvalue weighted by molar-refractivity contribution is 0.123. The van der Waals surface area contributed by atoms with E-state index in [2.05, 4.69) is 9.72 Å². The number of aromatic nitrogens is 1. The zero-order valence-electron chi connectivity index (χ0n) is 7.36. The number of nitrogens with zero attached hydrogens (tertiary/aromatic N) is 2. The van der Waals surface area contributed by atoms with E-state index in [0.29, 0.717) is 13.1 Å². The van der Waals surface area contributed by atoms with Gasteiger partial charge in [0, 0.05) is 18.9 Å². The zero-order valence-corrected chi connectivity index (χ0v) is 7.36. The molecule has 1 aromatic rings. The van der Waals surface area contributed by atoms with E-state index >= 15 is 0 Å². The Bertz CT molecular complexity index is 313. The number of hydrogen-bond donors (Lipinski definition) is 0. The Labute approximate surface area is 76.1 Å². The molecule has 0 N–H and O–H groups in total. The topological polar surface area (TPSA) is 42.4 Å². The van der Waals surface area contributed by atoms with Gasteiger partial charge in [-0.3, -0.25) is 9.88 Å². The van der Waals surface area contributed by atoms with Gasteiger partial charge in [0.05, 0.1) is 13.7 Å². The molecule has 0 unspecified atom stereocenters. The second kappa shape index (κ2) is 3.05. The number of hydrogen-bond acceptors (Lipinski definition) is 3. The van der Waals surface area contributed by atoms with E-state index in [1.807, 2.05) is 6.07 Å². The normalized spacial score (nSPS) is 14.1. The summed E-state index contributed by atoms with van der Waals surface area (Å²) < 4.78 is 4.63. The molecule has 1 aliphatic heterocycles. The van der Waals surface area contributed by atoms with Gasteiger partial charge in [-0.05, 0) is 17.2 Å². The first-order valence-corrected chi connectivity index (χ1v) is 4.06. The summed E-state index contributed by atoms with van der Waals surface area (Å²) in [4.78, 5) is 16.8. The van der Waals surface area contributed by atoms with Crippen molar-refractivity contribution in [2.45, 2.75) is 13.1 Å². The van der Waals surface area contributed by atoms with E-state index in [-0.39, 0.29) is 6.09 Å². The summed E-state index contributed by atoms with van der Waals surface area (Å²) in [5, 5.41) is 0. The van der Waals surface area contributed by atoms with Gasteiger partial charge in [0.15, 0.2) is 0 Å². The largest absolute Gasteiger partial charge is 0.453 e. The second-order valence-electron chi connectivity index (χ2n) is 2.97. The summed E-state index contributed by atoms with van der Waals surface area (Å²) in [5.41, 5.74) is 2.26. The van der Waals surface area contributed by atoms with Gasteiger partial charge in [-0.2, -0.15) is 0 Å². The fourth-order valence-electron chi connectivity index (χ4n) is 1.48. The maximum absolute atomic E-state index is 11.2. The van der Waals surface area contributed by atoms with Crippen LogP contribution in [0, 0.1) is 0 Å². The third-order valence-electron chi connectivity index (χ3n) is 2.16. The van der Waals surface area contributed by atoms with Crippen LogP contribution >= 0.6 is 0 Å². The van der Waals surface area contributed by atoms with Crippen LogP contribution in [0.3, 0.4) is 0 Å². The van der Waals surface area contributed by atoms with E-state index in [0.717, 1.165) is 11.1 Å². The summed E-state index contributed by atoms with van der Waals surface area (Å²) in [6, 6.07) is 1.93. The number of amides is 1. The van der Waals surface area contributed by atoms with Crippen molar-refractivity contribution in [2.24, 2.45) is 0 Å². The molecule has 0 aromatic carbocycles. The average Bonchev–Trinajstić information content (AvgIpc) is 2.59. The molecule has 0 bridgehead atoms. The highest BCUT2D eigenvalue weighted by atomic mass is 16.5. The number of carbonyl (C=O) groups is 1. The fraction of sp³-hybridized carbons (Fsp3) is 0.333. The zero-order chi connectivity index (χ0) is 9.26. The number of methoxy groups -OCH3 is 1. The van der Waals surface area contributed by atoms with Crippen LogP contribution in [0.5, 0.6) is 0 Å². The van der Waals surface area contributed by atoms with Crippen LogP contribution < -0.4 is 0 Å². The Kier molecular flexibility index (Phi) is 1.88. The van der Waals surface area contributed by atoms with Gasteiger partial charge in [0.1, 0.15) is 0 Å². The molecule has 13 heavy (non-hydrogen) atoms. The van der Waals surface area contributed by atoms with Crippen LogP contribution in [0.4, 0.5) is 4.79 Å². The van der Waals surface area contributed by atoms with Gasteiger partial charge in [-0.15, -0.1) is 0 Å². The third-order valence-corrected chi connectivity index (χ3v) is 2.16. The molecule has 2 heterocycles. The van der Waals surface area contributed by atoms with Crippen molar-refractivity contribution in [1.82, 2.24) is 9.88 Å². The molecular formula is C9H10N2O2. The number of ether oxygens (including phenoxy) is 1. The van der Waals surface area contributed by atoms with Crippen molar-refractivity contribution in [1.29, 1.82) is 0 Å². The third kappa shape index (κ3) is 1.35. The Morgan fingerprint density at radius 2 is 2.31 bits per heavy atom. The standard InChI is InChI=1S/C9H10N2O2/c1-13-9(12)11-5-7-2-3-10-4-8(7)6-11/h2-4H,5-6H2,1H3. The highest BCUT2D eigenvalue weighted by molar-refractivity contribution is 5.68. The van der Waals surface area contributed by atoms with Crippen LogP contribution in [0.1, 0.15) is 11.1 Å². The monoisotopic (exact) mass is 178 g/mol. The summed E-state index contributed by atoms with van der Waals surface area (Å²) in [7, 11) is 1.39. The van der Waals surface area contributed by atoms with Crippen molar-refractivity contribution in [3.8, 4) is 0 Å². The van der Waals surface area contributed by atoms with E-state index in [9.17, 15) is 4.79 Å². The molecule has 4 heteroatoms. The minimum atomic E-state index is -0.281. The molecule has 0 aliphatic carbocycles. The highest BCUT2D eigenvalue weighted by Gasteiger charge is 2.23. The maximum Gasteiger partial charge on any atom is 0.410 e. The molecule has 0 fully saturated rings. The lowest BCUT2D eigenvalue weighted by Gasteiger charge is -2.12. The fourth-order valence-corrected chi connectivity index (χ4v) is 1.48. The first-order valence-electron chi connectivity index (χ1n) is 4.06.